The van der Waals surface area contributed by atoms with E-state index in [2.05, 4.69) is 5.32 Å². The second-order valence-corrected chi connectivity index (χ2v) is 4.93. The normalized spacial score (nSPS) is 40.5. The molecule has 0 amide bonds. The Hall–Kier alpha value is -0.0800. The predicted molar refractivity (Wildman–Crippen MR) is 58.2 cm³/mol. The average Bonchev–Trinajstić information content (AvgIpc) is 2.47. The lowest BCUT2D eigenvalue weighted by atomic mass is 9.80. The second kappa shape index (κ2) is 5.13. The fourth-order valence-electron chi connectivity index (χ4n) is 3.03. The highest BCUT2D eigenvalue weighted by Gasteiger charge is 2.30. The van der Waals surface area contributed by atoms with Crippen molar-refractivity contribution in [3.63, 3.8) is 0 Å². The van der Waals surface area contributed by atoms with Gasteiger partial charge in [-0.25, -0.2) is 0 Å². The summed E-state index contributed by atoms with van der Waals surface area (Å²) in [5.74, 6) is 0.543. The molecule has 1 saturated carbocycles. The first kappa shape index (κ1) is 10.4. The van der Waals surface area contributed by atoms with E-state index in [-0.39, 0.29) is 6.10 Å². The molecular formula is C12H23NO. The summed E-state index contributed by atoms with van der Waals surface area (Å²) in [7, 11) is 0. The van der Waals surface area contributed by atoms with Gasteiger partial charge >= 0.3 is 0 Å². The zero-order chi connectivity index (χ0) is 9.80. The van der Waals surface area contributed by atoms with Gasteiger partial charge in [0.1, 0.15) is 0 Å². The van der Waals surface area contributed by atoms with Crippen molar-refractivity contribution in [3.05, 3.63) is 0 Å². The number of nitrogens with one attached hydrogen (secondary N) is 1. The van der Waals surface area contributed by atoms with Crippen LogP contribution in [-0.2, 0) is 0 Å². The van der Waals surface area contributed by atoms with Crippen LogP contribution in [-0.4, -0.2) is 23.8 Å². The largest absolute Gasteiger partial charge is 0.393 e. The van der Waals surface area contributed by atoms with Crippen molar-refractivity contribution >= 4 is 0 Å². The molecule has 0 aromatic carbocycles. The summed E-state index contributed by atoms with van der Waals surface area (Å²) in [5, 5.41) is 13.6. The molecule has 0 spiro atoms. The lowest BCUT2D eigenvalue weighted by Gasteiger charge is -2.34. The third-order valence-corrected chi connectivity index (χ3v) is 3.90. The Bertz CT molecular complexity index is 164. The molecule has 3 unspecified atom stereocenters. The molecule has 1 saturated heterocycles. The summed E-state index contributed by atoms with van der Waals surface area (Å²) in [6, 6.07) is 0.604. The van der Waals surface area contributed by atoms with Gasteiger partial charge in [-0.15, -0.1) is 0 Å². The van der Waals surface area contributed by atoms with E-state index < -0.39 is 0 Å². The second-order valence-electron chi connectivity index (χ2n) is 4.93. The molecule has 3 atom stereocenters. The van der Waals surface area contributed by atoms with E-state index in [1.54, 1.807) is 0 Å². The van der Waals surface area contributed by atoms with Crippen LogP contribution >= 0.6 is 0 Å². The lowest BCUT2D eigenvalue weighted by molar-refractivity contribution is 0.0473. The molecule has 1 aliphatic heterocycles. The first-order valence-electron chi connectivity index (χ1n) is 6.29. The van der Waals surface area contributed by atoms with E-state index >= 15 is 0 Å². The maximum Gasteiger partial charge on any atom is 0.0583 e. The van der Waals surface area contributed by atoms with Gasteiger partial charge in [0, 0.05) is 12.0 Å². The monoisotopic (exact) mass is 197 g/mol. The highest BCUT2D eigenvalue weighted by molar-refractivity contribution is 4.85. The van der Waals surface area contributed by atoms with E-state index in [4.69, 9.17) is 0 Å². The molecule has 2 aliphatic rings. The van der Waals surface area contributed by atoms with Crippen molar-refractivity contribution in [1.82, 2.24) is 5.32 Å². The number of hydrogen-bond donors (Lipinski definition) is 2. The minimum Gasteiger partial charge on any atom is -0.393 e. The Morgan fingerprint density at radius 1 is 0.857 bits per heavy atom. The van der Waals surface area contributed by atoms with E-state index in [1.165, 1.54) is 44.9 Å². The molecule has 1 aliphatic carbocycles. The summed E-state index contributed by atoms with van der Waals surface area (Å²) in [6.45, 7) is 1.16. The van der Waals surface area contributed by atoms with Gasteiger partial charge < -0.3 is 10.4 Å². The van der Waals surface area contributed by atoms with Crippen molar-refractivity contribution < 1.29 is 5.11 Å². The molecule has 82 valence electrons. The molecule has 2 heteroatoms. The van der Waals surface area contributed by atoms with Gasteiger partial charge in [0.25, 0.3) is 0 Å². The molecule has 1 heterocycles. The smallest absolute Gasteiger partial charge is 0.0583 e. The molecule has 2 fully saturated rings. The Labute approximate surface area is 87.1 Å². The van der Waals surface area contributed by atoms with Crippen molar-refractivity contribution in [2.45, 2.75) is 63.5 Å². The van der Waals surface area contributed by atoms with Crippen LogP contribution in [0.2, 0.25) is 0 Å². The molecule has 14 heavy (non-hydrogen) atoms. The summed E-state index contributed by atoms with van der Waals surface area (Å²) >= 11 is 0. The van der Waals surface area contributed by atoms with Crippen LogP contribution in [0.25, 0.3) is 0 Å². The number of rotatable bonds is 1. The lowest BCUT2D eigenvalue weighted by Crippen LogP contribution is -2.42. The predicted octanol–water partition coefficient (Wildman–Crippen LogP) is 2.07. The number of hydrogen-bond acceptors (Lipinski definition) is 2. The fraction of sp³-hybridized carbons (Fsp3) is 1.00. The third kappa shape index (κ3) is 2.48. The maximum atomic E-state index is 9.97. The van der Waals surface area contributed by atoms with Gasteiger partial charge in [-0.3, -0.25) is 0 Å². The SMILES string of the molecule is OC1CCCCC1C1CCCCCN1. The minimum atomic E-state index is -0.0284. The molecule has 2 N–H and O–H groups in total. The fourth-order valence-corrected chi connectivity index (χ4v) is 3.03. The first-order chi connectivity index (χ1) is 6.88. The standard InChI is InChI=1S/C12H23NO/c14-12-8-4-3-6-10(12)11-7-2-1-5-9-13-11/h10-14H,1-9H2. The quantitative estimate of drug-likeness (QED) is 0.674. The van der Waals surface area contributed by atoms with Crippen molar-refractivity contribution in [1.29, 1.82) is 0 Å². The zero-order valence-electron chi connectivity index (χ0n) is 9.04. The summed E-state index contributed by atoms with van der Waals surface area (Å²) in [6.07, 6.45) is 10.1. The van der Waals surface area contributed by atoms with Crippen LogP contribution in [0.4, 0.5) is 0 Å². The Morgan fingerprint density at radius 2 is 1.64 bits per heavy atom. The molecule has 0 radical (unpaired) electrons. The molecule has 2 nitrogen and oxygen atoms in total. The van der Waals surface area contributed by atoms with E-state index in [9.17, 15) is 5.11 Å². The van der Waals surface area contributed by atoms with Crippen LogP contribution < -0.4 is 5.32 Å². The topological polar surface area (TPSA) is 32.3 Å². The zero-order valence-corrected chi connectivity index (χ0v) is 9.04. The van der Waals surface area contributed by atoms with Crippen LogP contribution in [0.1, 0.15) is 51.4 Å². The Morgan fingerprint density at radius 3 is 2.50 bits per heavy atom. The molecular weight excluding hydrogens is 174 g/mol. The van der Waals surface area contributed by atoms with Crippen LogP contribution in [0.3, 0.4) is 0 Å². The van der Waals surface area contributed by atoms with E-state index in [1.807, 2.05) is 0 Å². The van der Waals surface area contributed by atoms with E-state index in [0.717, 1.165) is 13.0 Å². The summed E-state index contributed by atoms with van der Waals surface area (Å²) < 4.78 is 0. The maximum absolute atomic E-state index is 9.97. The molecule has 2 rings (SSSR count). The third-order valence-electron chi connectivity index (χ3n) is 3.90. The van der Waals surface area contributed by atoms with E-state index in [0.29, 0.717) is 12.0 Å². The van der Waals surface area contributed by atoms with Gasteiger partial charge in [-0.05, 0) is 32.2 Å². The average molecular weight is 197 g/mol. The van der Waals surface area contributed by atoms with Crippen LogP contribution in [0, 0.1) is 5.92 Å². The Kier molecular flexibility index (Phi) is 3.82. The summed E-state index contributed by atoms with van der Waals surface area (Å²) in [5.41, 5.74) is 0. The molecule has 0 aromatic heterocycles. The van der Waals surface area contributed by atoms with Crippen LogP contribution in [0.5, 0.6) is 0 Å². The van der Waals surface area contributed by atoms with Gasteiger partial charge in [0.15, 0.2) is 0 Å². The Balaban J connectivity index is 1.90. The van der Waals surface area contributed by atoms with Gasteiger partial charge in [0.05, 0.1) is 6.10 Å². The number of aliphatic hydroxyl groups excluding tert-OH is 1. The van der Waals surface area contributed by atoms with Crippen molar-refractivity contribution in [2.24, 2.45) is 5.92 Å². The van der Waals surface area contributed by atoms with Gasteiger partial charge in [-0.2, -0.15) is 0 Å². The summed E-state index contributed by atoms with van der Waals surface area (Å²) in [4.78, 5) is 0. The van der Waals surface area contributed by atoms with Crippen LogP contribution in [0.15, 0.2) is 0 Å². The van der Waals surface area contributed by atoms with Crippen molar-refractivity contribution in [3.8, 4) is 0 Å². The molecule has 0 aromatic rings. The highest BCUT2D eigenvalue weighted by atomic mass is 16.3. The first-order valence-corrected chi connectivity index (χ1v) is 6.29. The van der Waals surface area contributed by atoms with Gasteiger partial charge in [0.2, 0.25) is 0 Å². The van der Waals surface area contributed by atoms with Crippen molar-refractivity contribution in [2.75, 3.05) is 6.54 Å². The molecule has 0 bridgehead atoms. The minimum absolute atomic E-state index is 0.0284. The van der Waals surface area contributed by atoms with Gasteiger partial charge in [-0.1, -0.05) is 25.7 Å². The highest BCUT2D eigenvalue weighted by Crippen LogP contribution is 2.29. The number of aliphatic hydroxyl groups is 1.